The van der Waals surface area contributed by atoms with Crippen LogP contribution in [-0.2, 0) is 6.54 Å². The van der Waals surface area contributed by atoms with Crippen molar-refractivity contribution in [1.29, 1.82) is 0 Å². The van der Waals surface area contributed by atoms with E-state index in [1.807, 2.05) is 12.1 Å². The Hall–Kier alpha value is -2.35. The molecule has 23 heavy (non-hydrogen) atoms. The van der Waals surface area contributed by atoms with E-state index in [1.165, 1.54) is 12.8 Å². The van der Waals surface area contributed by atoms with Gasteiger partial charge in [0.25, 0.3) is 0 Å². The van der Waals surface area contributed by atoms with Gasteiger partial charge in [-0.1, -0.05) is 38.2 Å². The molecule has 1 aromatic rings. The minimum absolute atomic E-state index is 0.164. The van der Waals surface area contributed by atoms with Gasteiger partial charge in [0.15, 0.2) is 11.5 Å². The monoisotopic (exact) mass is 318 g/mol. The van der Waals surface area contributed by atoms with Gasteiger partial charge in [0, 0.05) is 13.1 Å². The molecular formula is C18H26N2O3. The molecule has 0 heterocycles. The van der Waals surface area contributed by atoms with Crippen LogP contribution in [0.5, 0.6) is 11.5 Å². The topological polar surface area (TPSA) is 59.6 Å². The molecule has 5 heteroatoms. The molecule has 2 amide bonds. The second-order valence-corrected chi connectivity index (χ2v) is 5.15. The van der Waals surface area contributed by atoms with Crippen molar-refractivity contribution in [3.63, 3.8) is 0 Å². The molecule has 0 atom stereocenters. The number of rotatable bonds is 10. The number of hydrogen-bond donors (Lipinski definition) is 2. The first-order valence-electron chi connectivity index (χ1n) is 7.96. The van der Waals surface area contributed by atoms with Crippen LogP contribution in [0.15, 0.2) is 18.2 Å². The number of urea groups is 1. The highest BCUT2D eigenvalue weighted by atomic mass is 16.5. The van der Waals surface area contributed by atoms with Crippen molar-refractivity contribution in [1.82, 2.24) is 10.6 Å². The second kappa shape index (κ2) is 11.2. The molecule has 0 radical (unpaired) electrons. The Morgan fingerprint density at radius 3 is 2.74 bits per heavy atom. The Kier molecular flexibility index (Phi) is 9.14. The molecule has 0 saturated carbocycles. The summed E-state index contributed by atoms with van der Waals surface area (Å²) < 4.78 is 10.7. The summed E-state index contributed by atoms with van der Waals surface area (Å²) in [6, 6.07) is 5.33. The van der Waals surface area contributed by atoms with Crippen LogP contribution in [-0.4, -0.2) is 26.3 Å². The minimum Gasteiger partial charge on any atom is -0.493 e. The number of unbranched alkanes of at least 4 members (excludes halogenated alkanes) is 3. The summed E-state index contributed by atoms with van der Waals surface area (Å²) >= 11 is 0. The van der Waals surface area contributed by atoms with Gasteiger partial charge in [-0.25, -0.2) is 4.79 Å². The minimum atomic E-state index is -0.164. The highest BCUT2D eigenvalue weighted by Crippen LogP contribution is 2.27. The van der Waals surface area contributed by atoms with Crippen molar-refractivity contribution in [2.45, 2.75) is 39.2 Å². The summed E-state index contributed by atoms with van der Waals surface area (Å²) in [4.78, 5) is 11.7. The number of ether oxygens (including phenoxy) is 2. The van der Waals surface area contributed by atoms with E-state index < -0.39 is 0 Å². The quantitative estimate of drug-likeness (QED) is 0.515. The average Bonchev–Trinajstić information content (AvgIpc) is 2.58. The fraction of sp³-hybridized carbons (Fsp3) is 0.500. The number of benzene rings is 1. The molecule has 0 aromatic heterocycles. The molecule has 1 rings (SSSR count). The fourth-order valence-electron chi connectivity index (χ4n) is 2.06. The number of carbonyl (C=O) groups excluding carboxylic acids is 1. The lowest BCUT2D eigenvalue weighted by Gasteiger charge is -2.12. The van der Waals surface area contributed by atoms with Crippen LogP contribution in [0.3, 0.4) is 0 Å². The zero-order valence-corrected chi connectivity index (χ0v) is 14.0. The normalized spacial score (nSPS) is 9.78. The number of nitrogens with one attached hydrogen (secondary N) is 2. The molecule has 2 N–H and O–H groups in total. The van der Waals surface area contributed by atoms with E-state index in [9.17, 15) is 4.79 Å². The van der Waals surface area contributed by atoms with E-state index >= 15 is 0 Å². The Labute approximate surface area is 138 Å². The highest BCUT2D eigenvalue weighted by Gasteiger charge is 2.06. The molecule has 0 aliphatic carbocycles. The van der Waals surface area contributed by atoms with Crippen molar-refractivity contribution in [3.05, 3.63) is 23.8 Å². The molecule has 0 fully saturated rings. The van der Waals surface area contributed by atoms with E-state index in [0.29, 0.717) is 24.6 Å². The zero-order chi connectivity index (χ0) is 16.9. The Morgan fingerprint density at radius 2 is 2.04 bits per heavy atom. The van der Waals surface area contributed by atoms with E-state index in [4.69, 9.17) is 15.9 Å². The molecule has 126 valence electrons. The zero-order valence-electron chi connectivity index (χ0n) is 14.0. The number of hydrogen-bond acceptors (Lipinski definition) is 3. The number of methoxy groups -OCH3 is 1. The average molecular weight is 318 g/mol. The van der Waals surface area contributed by atoms with Gasteiger partial charge in [-0.2, -0.15) is 0 Å². The molecule has 0 saturated heterocycles. The van der Waals surface area contributed by atoms with Crippen LogP contribution in [0.4, 0.5) is 4.79 Å². The van der Waals surface area contributed by atoms with E-state index in [0.717, 1.165) is 18.4 Å². The summed E-state index contributed by atoms with van der Waals surface area (Å²) in [6.07, 6.45) is 9.74. The molecule has 0 aliphatic heterocycles. The number of terminal acetylenes is 1. The first-order chi connectivity index (χ1) is 11.2. The lowest BCUT2D eigenvalue weighted by molar-refractivity contribution is 0.240. The van der Waals surface area contributed by atoms with Gasteiger partial charge < -0.3 is 20.1 Å². The maximum Gasteiger partial charge on any atom is 0.315 e. The largest absolute Gasteiger partial charge is 0.493 e. The second-order valence-electron chi connectivity index (χ2n) is 5.15. The van der Waals surface area contributed by atoms with Crippen LogP contribution in [0.2, 0.25) is 0 Å². The first kappa shape index (κ1) is 18.7. The summed E-state index contributed by atoms with van der Waals surface area (Å²) in [5, 5.41) is 5.67. The molecule has 5 nitrogen and oxygen atoms in total. The third-order valence-electron chi connectivity index (χ3n) is 3.31. The molecule has 0 unspecified atom stereocenters. The van der Waals surface area contributed by atoms with Gasteiger partial charge in [0.2, 0.25) is 0 Å². The molecule has 0 spiro atoms. The van der Waals surface area contributed by atoms with Crippen molar-refractivity contribution in [2.75, 3.05) is 20.3 Å². The lowest BCUT2D eigenvalue weighted by atomic mass is 10.2. The van der Waals surface area contributed by atoms with E-state index in [1.54, 1.807) is 13.2 Å². The van der Waals surface area contributed by atoms with Crippen LogP contribution in [0.1, 0.15) is 38.2 Å². The van der Waals surface area contributed by atoms with Crippen molar-refractivity contribution in [3.8, 4) is 23.8 Å². The van der Waals surface area contributed by atoms with Crippen molar-refractivity contribution in [2.24, 2.45) is 0 Å². The van der Waals surface area contributed by atoms with E-state index in [-0.39, 0.29) is 12.6 Å². The molecule has 0 aliphatic rings. The molecule has 0 bridgehead atoms. The van der Waals surface area contributed by atoms with E-state index in [2.05, 4.69) is 23.5 Å². The summed E-state index contributed by atoms with van der Waals surface area (Å²) in [5.41, 5.74) is 0.916. The molecular weight excluding hydrogens is 292 g/mol. The third-order valence-corrected chi connectivity index (χ3v) is 3.31. The maximum atomic E-state index is 11.7. The number of amides is 2. The van der Waals surface area contributed by atoms with Gasteiger partial charge in [0.1, 0.15) is 6.61 Å². The number of carbonyl (C=O) groups is 1. The Morgan fingerprint density at radius 1 is 1.22 bits per heavy atom. The smallest absolute Gasteiger partial charge is 0.315 e. The van der Waals surface area contributed by atoms with Gasteiger partial charge in [-0.15, -0.1) is 6.42 Å². The summed E-state index contributed by atoms with van der Waals surface area (Å²) in [6.45, 7) is 3.45. The third kappa shape index (κ3) is 7.46. The maximum absolute atomic E-state index is 11.7. The molecule has 1 aromatic carbocycles. The first-order valence-corrected chi connectivity index (χ1v) is 7.96. The van der Waals surface area contributed by atoms with Crippen LogP contribution in [0, 0.1) is 12.3 Å². The predicted molar refractivity (Wildman–Crippen MR) is 91.7 cm³/mol. The van der Waals surface area contributed by atoms with Crippen molar-refractivity contribution >= 4 is 6.03 Å². The van der Waals surface area contributed by atoms with Gasteiger partial charge in [0.05, 0.1) is 7.11 Å². The van der Waals surface area contributed by atoms with Crippen LogP contribution >= 0.6 is 0 Å². The fourth-order valence-corrected chi connectivity index (χ4v) is 2.06. The highest BCUT2D eigenvalue weighted by molar-refractivity contribution is 5.73. The van der Waals surface area contributed by atoms with Gasteiger partial charge >= 0.3 is 6.03 Å². The Bertz CT molecular complexity index is 523. The summed E-state index contributed by atoms with van der Waals surface area (Å²) in [5.74, 6) is 3.61. The standard InChI is InChI=1S/C18H26N2O3/c1-4-6-7-8-11-19-18(21)20-14-15-9-10-16(22-3)17(13-15)23-12-5-2/h2,9-10,13H,4,6-8,11-12,14H2,1,3H3,(H2,19,20,21). The predicted octanol–water partition coefficient (Wildman–Crippen LogP) is 3.09. The van der Waals surface area contributed by atoms with Gasteiger partial charge in [-0.3, -0.25) is 0 Å². The van der Waals surface area contributed by atoms with Crippen LogP contribution in [0.25, 0.3) is 0 Å². The van der Waals surface area contributed by atoms with Crippen molar-refractivity contribution < 1.29 is 14.3 Å². The Balaban J connectivity index is 2.41. The van der Waals surface area contributed by atoms with Crippen LogP contribution < -0.4 is 20.1 Å². The summed E-state index contributed by atoms with van der Waals surface area (Å²) in [7, 11) is 1.57. The SMILES string of the molecule is C#CCOc1cc(CNC(=O)NCCCCCC)ccc1OC. The van der Waals surface area contributed by atoms with Gasteiger partial charge in [-0.05, 0) is 24.1 Å². The lowest BCUT2D eigenvalue weighted by Crippen LogP contribution is -2.35.